The van der Waals surface area contributed by atoms with Crippen LogP contribution in [0.4, 0.5) is 0 Å². The van der Waals surface area contributed by atoms with Crippen molar-refractivity contribution in [2.75, 3.05) is 0 Å². The Hall–Kier alpha value is -1.56. The molecule has 73 valence electrons. The Balaban J connectivity index is 2.08. The lowest BCUT2D eigenvalue weighted by atomic mass is 9.94. The molecule has 2 aromatic carbocycles. The molecule has 0 atom stereocenters. The Bertz CT molecular complexity index is 389. The largest absolute Gasteiger partial charge is 0.0622 e. The van der Waals surface area contributed by atoms with Gasteiger partial charge in [0.25, 0.3) is 0 Å². The van der Waals surface area contributed by atoms with Gasteiger partial charge in [-0.25, -0.2) is 0 Å². The van der Waals surface area contributed by atoms with Crippen LogP contribution in [0.5, 0.6) is 0 Å². The van der Waals surface area contributed by atoms with E-state index >= 15 is 0 Å². The fourth-order valence-corrected chi connectivity index (χ4v) is 1.49. The van der Waals surface area contributed by atoms with E-state index in [-0.39, 0.29) is 0 Å². The van der Waals surface area contributed by atoms with Gasteiger partial charge < -0.3 is 0 Å². The molecule has 0 heteroatoms. The molecule has 0 aromatic heterocycles. The molecule has 0 aliphatic heterocycles. The summed E-state index contributed by atoms with van der Waals surface area (Å²) in [6.45, 7) is 4.06. The van der Waals surface area contributed by atoms with Gasteiger partial charge in [0, 0.05) is 12.3 Å². The third kappa shape index (κ3) is 2.69. The van der Waals surface area contributed by atoms with Crippen molar-refractivity contribution in [3.05, 3.63) is 91.1 Å². The lowest BCUT2D eigenvalue weighted by molar-refractivity contribution is 1.26. The molecule has 0 saturated carbocycles. The Morgan fingerprint density at radius 3 is 1.93 bits per heavy atom. The highest BCUT2D eigenvalue weighted by Crippen LogP contribution is 2.20. The van der Waals surface area contributed by atoms with Crippen LogP contribution >= 0.6 is 0 Å². The zero-order valence-electron chi connectivity index (χ0n) is 8.56. The third-order valence-corrected chi connectivity index (χ3v) is 2.29. The topological polar surface area (TPSA) is 0 Å². The molecule has 2 aromatic rings. The summed E-state index contributed by atoms with van der Waals surface area (Å²) in [7, 11) is 0. The lowest BCUT2D eigenvalue weighted by Crippen LogP contribution is -1.96. The molecular weight excluding hydrogens is 180 g/mol. The maximum absolute atomic E-state index is 4.06. The second-order valence-corrected chi connectivity index (χ2v) is 3.45. The fourth-order valence-electron chi connectivity index (χ4n) is 1.49. The number of hydrogen-bond acceptors (Lipinski definition) is 0. The van der Waals surface area contributed by atoms with E-state index in [0.717, 1.165) is 5.92 Å². The van der Waals surface area contributed by atoms with Crippen LogP contribution in [0.2, 0.25) is 0 Å². The maximum atomic E-state index is 4.06. The van der Waals surface area contributed by atoms with E-state index in [9.17, 15) is 0 Å². The van der Waals surface area contributed by atoms with E-state index in [0.29, 0.717) is 0 Å². The van der Waals surface area contributed by atoms with Crippen LogP contribution in [0.1, 0.15) is 11.1 Å². The molecule has 0 N–H and O–H groups in total. The van der Waals surface area contributed by atoms with Gasteiger partial charge in [-0.3, -0.25) is 0 Å². The summed E-state index contributed by atoms with van der Waals surface area (Å²) < 4.78 is 0. The summed E-state index contributed by atoms with van der Waals surface area (Å²) in [5.74, 6) is 1.04. The average molecular weight is 193 g/mol. The predicted octanol–water partition coefficient (Wildman–Crippen LogP) is 3.70. The minimum atomic E-state index is 1.04. The first kappa shape index (κ1) is 9.97. The minimum absolute atomic E-state index is 1.04. The molecule has 0 aliphatic carbocycles. The van der Waals surface area contributed by atoms with Crippen molar-refractivity contribution in [3.63, 3.8) is 0 Å². The molecule has 0 aliphatic rings. The highest BCUT2D eigenvalue weighted by molar-refractivity contribution is 5.43. The van der Waals surface area contributed by atoms with Crippen LogP contribution < -0.4 is 0 Å². The molecule has 0 spiro atoms. The van der Waals surface area contributed by atoms with Gasteiger partial charge in [-0.05, 0) is 18.1 Å². The molecule has 0 unspecified atom stereocenters. The molecule has 15 heavy (non-hydrogen) atoms. The number of hydrogen-bond donors (Lipinski definition) is 0. The molecule has 0 saturated heterocycles. The molecule has 3 radical (unpaired) electrons. The average Bonchev–Trinajstić information content (AvgIpc) is 2.31. The van der Waals surface area contributed by atoms with Gasteiger partial charge in [0.05, 0.1) is 0 Å². The zero-order chi connectivity index (χ0) is 10.5. The van der Waals surface area contributed by atoms with Crippen molar-refractivity contribution < 1.29 is 0 Å². The van der Waals surface area contributed by atoms with Crippen molar-refractivity contribution in [3.8, 4) is 0 Å². The van der Waals surface area contributed by atoms with Gasteiger partial charge in [-0.2, -0.15) is 0 Å². The summed E-state index contributed by atoms with van der Waals surface area (Å²) in [5.41, 5.74) is 2.35. The molecule has 0 fully saturated rings. The third-order valence-electron chi connectivity index (χ3n) is 2.29. The van der Waals surface area contributed by atoms with Gasteiger partial charge >= 0.3 is 0 Å². The predicted molar refractivity (Wildman–Crippen MR) is 64.0 cm³/mol. The first-order chi connectivity index (χ1) is 7.36. The number of rotatable bonds is 3. The van der Waals surface area contributed by atoms with Crippen LogP contribution in [0.3, 0.4) is 0 Å². The maximum Gasteiger partial charge on any atom is 0.0131 e. The van der Waals surface area contributed by atoms with Crippen molar-refractivity contribution in [1.82, 2.24) is 0 Å². The summed E-state index contributed by atoms with van der Waals surface area (Å²) in [5, 5.41) is 0. The second kappa shape index (κ2) is 4.79. The normalized spacial score (nSPS) is 10.5. The first-order valence-electron chi connectivity index (χ1n) is 5.00. The number of benzene rings is 2. The van der Waals surface area contributed by atoms with Crippen LogP contribution in [0.25, 0.3) is 0 Å². The Labute approximate surface area is 91.6 Å². The summed E-state index contributed by atoms with van der Waals surface area (Å²) in [4.78, 5) is 0. The summed E-state index contributed by atoms with van der Waals surface area (Å²) in [6, 6.07) is 20.4. The highest BCUT2D eigenvalue weighted by atomic mass is 14.1. The van der Waals surface area contributed by atoms with E-state index in [1.807, 2.05) is 36.4 Å². The highest BCUT2D eigenvalue weighted by Gasteiger charge is 2.06. The van der Waals surface area contributed by atoms with E-state index in [4.69, 9.17) is 0 Å². The van der Waals surface area contributed by atoms with Crippen LogP contribution in [-0.2, 0) is 0 Å². The molecule has 0 nitrogen and oxygen atoms in total. The quantitative estimate of drug-likeness (QED) is 0.697. The van der Waals surface area contributed by atoms with Crippen LogP contribution in [0, 0.1) is 19.3 Å². The zero-order valence-corrected chi connectivity index (χ0v) is 8.56. The lowest BCUT2D eigenvalue weighted by Gasteiger charge is -2.10. The summed E-state index contributed by atoms with van der Waals surface area (Å²) in [6.07, 6.45) is 2.09. The standard InChI is InChI=1S/C15H13/c1-13(15-10-6-3-7-11-15)12-14-8-4-2-5-9-14/h2-12H,1H2. The Kier molecular flexibility index (Phi) is 3.18. The van der Waals surface area contributed by atoms with Crippen LogP contribution in [-0.4, -0.2) is 0 Å². The Morgan fingerprint density at radius 1 is 0.800 bits per heavy atom. The Morgan fingerprint density at radius 2 is 1.33 bits per heavy atom. The van der Waals surface area contributed by atoms with Crippen LogP contribution in [0.15, 0.2) is 60.7 Å². The van der Waals surface area contributed by atoms with Crippen molar-refractivity contribution in [2.45, 2.75) is 0 Å². The molecule has 0 bridgehead atoms. The van der Waals surface area contributed by atoms with Gasteiger partial charge in [-0.15, -0.1) is 0 Å². The molecular formula is C15H13. The molecule has 0 amide bonds. The fraction of sp³-hybridized carbons (Fsp3) is 0. The SMILES string of the molecule is [CH2][C]([CH]c1ccccc1)c1ccccc1. The van der Waals surface area contributed by atoms with Crippen molar-refractivity contribution in [2.24, 2.45) is 0 Å². The van der Waals surface area contributed by atoms with Crippen molar-refractivity contribution >= 4 is 0 Å². The monoisotopic (exact) mass is 193 g/mol. The van der Waals surface area contributed by atoms with E-state index in [1.54, 1.807) is 0 Å². The molecule has 0 heterocycles. The van der Waals surface area contributed by atoms with Crippen molar-refractivity contribution in [1.29, 1.82) is 0 Å². The second-order valence-electron chi connectivity index (χ2n) is 3.45. The van der Waals surface area contributed by atoms with E-state index in [2.05, 4.69) is 37.6 Å². The minimum Gasteiger partial charge on any atom is -0.0622 e. The van der Waals surface area contributed by atoms with E-state index in [1.165, 1.54) is 11.1 Å². The van der Waals surface area contributed by atoms with Gasteiger partial charge in [0.15, 0.2) is 0 Å². The van der Waals surface area contributed by atoms with E-state index < -0.39 is 0 Å². The summed E-state index contributed by atoms with van der Waals surface area (Å²) >= 11 is 0. The first-order valence-corrected chi connectivity index (χ1v) is 5.00. The smallest absolute Gasteiger partial charge is 0.0131 e. The van der Waals surface area contributed by atoms with Gasteiger partial charge in [0.1, 0.15) is 0 Å². The molecule has 2 rings (SSSR count). The van der Waals surface area contributed by atoms with Gasteiger partial charge in [0.2, 0.25) is 0 Å². The van der Waals surface area contributed by atoms with Gasteiger partial charge in [-0.1, -0.05) is 60.7 Å².